The Morgan fingerprint density at radius 2 is 0.758 bits per heavy atom. The normalized spacial score (nSPS) is 11.7. The van der Waals surface area contributed by atoms with E-state index in [9.17, 15) is 62.3 Å². The van der Waals surface area contributed by atoms with E-state index in [1.807, 2.05) is 13.8 Å². The van der Waals surface area contributed by atoms with Gasteiger partial charge < -0.3 is 43.4 Å². The Kier molecular flexibility index (Phi) is 29.9. The lowest BCUT2D eigenvalue weighted by Gasteiger charge is -2.06. The van der Waals surface area contributed by atoms with Crippen molar-refractivity contribution in [2.24, 2.45) is 21.5 Å². The third kappa shape index (κ3) is 35.2. The lowest BCUT2D eigenvalue weighted by atomic mass is 10.1. The molecule has 2 aromatic rings. The average Bonchev–Trinajstić information content (AvgIpc) is 3.65. The maximum atomic E-state index is 12.0. The van der Waals surface area contributed by atoms with Gasteiger partial charge in [0.15, 0.2) is 22.2 Å². The molecule has 20 nitrogen and oxygen atoms in total. The second-order valence-electron chi connectivity index (χ2n) is 12.1. The highest BCUT2D eigenvalue weighted by atomic mass is 32.1. The Morgan fingerprint density at radius 3 is 0.955 bits per heavy atom. The molecule has 0 bridgehead atoms. The summed E-state index contributed by atoms with van der Waals surface area (Å²) in [5.41, 5.74) is 24.9. The summed E-state index contributed by atoms with van der Waals surface area (Å²) in [5.74, 6) is -11.1. The summed E-state index contributed by atoms with van der Waals surface area (Å²) >= 11 is 2.97. The number of unbranched alkanes of at least 4 members (excludes halogenated alkanes) is 3. The lowest BCUT2D eigenvalue weighted by Crippen LogP contribution is -2.37. The van der Waals surface area contributed by atoms with Crippen LogP contribution in [0.4, 0.5) is 62.9 Å². The number of carbonyl (C=O) groups excluding carboxylic acids is 2. The van der Waals surface area contributed by atoms with Crippen molar-refractivity contribution < 1.29 is 102 Å². The molecule has 0 saturated carbocycles. The Balaban J connectivity index is -0.00000113. The molecular formula is C32H44F12N10O10S2. The number of aliphatic imine (C=N–C) groups is 2. The van der Waals surface area contributed by atoms with Crippen LogP contribution in [0.2, 0.25) is 0 Å². The standard InChI is InChI=1S/C24H40N10O2S2.4C2HF3O2/c1-15-17(37-23(27)31-15)9-7-13-29-21(25)33-19(35)11-5-3-4-6-12-20(36)34-22(26)30-14-8-10-18-16(2)32-24(28)38-18;4*3-2(4,5)1(6)7/h3-14H2,1-2H3,(H2,27,31)(H2,28,32)(H3,25,29,33,35)(H3,26,30,34,36);4*(H,6,7). The van der Waals surface area contributed by atoms with Crippen LogP contribution in [0.25, 0.3) is 0 Å². The second-order valence-corrected chi connectivity index (χ2v) is 14.3. The Hall–Kier alpha value is -6.22. The minimum atomic E-state index is -5.08. The minimum absolute atomic E-state index is 0.134. The monoisotopic (exact) mass is 1020 g/mol. The summed E-state index contributed by atoms with van der Waals surface area (Å²) in [6, 6.07) is 0. The van der Waals surface area contributed by atoms with Crippen molar-refractivity contribution in [3.05, 3.63) is 21.1 Å². The molecule has 0 aromatic carbocycles. The number of rotatable bonds is 15. The molecule has 2 aromatic heterocycles. The predicted molar refractivity (Wildman–Crippen MR) is 211 cm³/mol. The zero-order valence-electron chi connectivity index (χ0n) is 34.2. The number of nitrogens with one attached hydrogen (secondary N) is 2. The predicted octanol–water partition coefficient (Wildman–Crippen LogP) is 4.68. The molecule has 0 fully saturated rings. The number of aromatic nitrogens is 2. The fraction of sp³-hybridized carbons (Fsp3) is 0.562. The number of carboxylic acid groups (broad SMARTS) is 4. The first-order valence-electron chi connectivity index (χ1n) is 17.7. The van der Waals surface area contributed by atoms with Crippen molar-refractivity contribution in [3.63, 3.8) is 0 Å². The fourth-order valence-corrected chi connectivity index (χ4v) is 5.41. The van der Waals surface area contributed by atoms with E-state index in [0.29, 0.717) is 49.0 Å². The molecule has 0 spiro atoms. The van der Waals surface area contributed by atoms with Crippen LogP contribution in [-0.4, -0.2) is 116 Å². The molecule has 2 amide bonds. The number of hydrogen-bond donors (Lipinski definition) is 10. The molecule has 0 unspecified atom stereocenters. The first kappa shape index (κ1) is 64.1. The SMILES string of the molecule is Cc1nc(N)sc1CCCN=C(N)NC(=O)CCCCCCC(=O)NC(N)=NCCCc1sc(N)nc1C.O=C(O)C(F)(F)F.O=C(O)C(F)(F)F.O=C(O)C(F)(F)F.O=C(O)C(F)(F)F. The Bertz CT molecular complexity index is 1740. The van der Waals surface area contributed by atoms with Crippen LogP contribution in [0.3, 0.4) is 0 Å². The number of nitrogen functional groups attached to an aromatic ring is 2. The van der Waals surface area contributed by atoms with E-state index in [1.54, 1.807) is 0 Å². The van der Waals surface area contributed by atoms with E-state index in [4.69, 9.17) is 62.5 Å². The van der Waals surface area contributed by atoms with Crippen molar-refractivity contribution in [2.75, 3.05) is 24.6 Å². The number of aryl methyl sites for hydroxylation is 4. The average molecular weight is 1020 g/mol. The second kappa shape index (κ2) is 30.8. The van der Waals surface area contributed by atoms with Gasteiger partial charge in [-0.05, 0) is 52.4 Å². The Labute approximate surface area is 372 Å². The lowest BCUT2D eigenvalue weighted by molar-refractivity contribution is -0.193. The van der Waals surface area contributed by atoms with Gasteiger partial charge in [0.1, 0.15) is 0 Å². The van der Waals surface area contributed by atoms with Crippen LogP contribution in [0.15, 0.2) is 9.98 Å². The first-order chi connectivity index (χ1) is 29.9. The number of amides is 2. The highest BCUT2D eigenvalue weighted by molar-refractivity contribution is 7.15. The molecule has 0 saturated heterocycles. The quantitative estimate of drug-likeness (QED) is 0.0501. The first-order valence-corrected chi connectivity index (χ1v) is 19.4. The van der Waals surface area contributed by atoms with Gasteiger partial charge in [-0.1, -0.05) is 12.8 Å². The van der Waals surface area contributed by atoms with Gasteiger partial charge in [0, 0.05) is 35.7 Å². The van der Waals surface area contributed by atoms with E-state index in [-0.39, 0.29) is 23.7 Å². The van der Waals surface area contributed by atoms with Crippen molar-refractivity contribution >= 4 is 80.5 Å². The number of guanidine groups is 2. The molecule has 2 rings (SSSR count). The van der Waals surface area contributed by atoms with E-state index >= 15 is 0 Å². The zero-order valence-corrected chi connectivity index (χ0v) is 35.8. The third-order valence-corrected chi connectivity index (χ3v) is 8.66. The summed E-state index contributed by atoms with van der Waals surface area (Å²) in [6.07, 6.45) is -13.3. The number of anilines is 2. The summed E-state index contributed by atoms with van der Waals surface area (Å²) in [5, 5.41) is 34.9. The summed E-state index contributed by atoms with van der Waals surface area (Å²) in [4.78, 5) is 78.7. The van der Waals surface area contributed by atoms with E-state index < -0.39 is 48.6 Å². The van der Waals surface area contributed by atoms with Crippen molar-refractivity contribution in [1.82, 2.24) is 20.6 Å². The van der Waals surface area contributed by atoms with Gasteiger partial charge in [-0.3, -0.25) is 30.2 Å². The minimum Gasteiger partial charge on any atom is -0.475 e. The number of carbonyl (C=O) groups is 6. The number of aliphatic carboxylic acids is 4. The molecule has 378 valence electrons. The fourth-order valence-electron chi connectivity index (χ4n) is 3.66. The van der Waals surface area contributed by atoms with Gasteiger partial charge in [0.05, 0.1) is 11.4 Å². The van der Waals surface area contributed by atoms with Crippen LogP contribution in [-0.2, 0) is 41.6 Å². The van der Waals surface area contributed by atoms with Crippen molar-refractivity contribution in [1.29, 1.82) is 0 Å². The van der Waals surface area contributed by atoms with Crippen LogP contribution >= 0.6 is 22.7 Å². The number of alkyl halides is 12. The molecule has 0 aliphatic heterocycles. The van der Waals surface area contributed by atoms with Crippen LogP contribution in [0.1, 0.15) is 72.5 Å². The summed E-state index contributed by atoms with van der Waals surface area (Å²) in [6.45, 7) is 4.91. The maximum Gasteiger partial charge on any atom is 0.490 e. The van der Waals surface area contributed by atoms with Gasteiger partial charge in [-0.25, -0.2) is 29.1 Å². The van der Waals surface area contributed by atoms with E-state index in [0.717, 1.165) is 59.7 Å². The van der Waals surface area contributed by atoms with Crippen LogP contribution < -0.4 is 33.6 Å². The molecule has 66 heavy (non-hydrogen) atoms. The summed E-state index contributed by atoms with van der Waals surface area (Å²) in [7, 11) is 0. The number of hydrogen-bond acceptors (Lipinski definition) is 14. The van der Waals surface area contributed by atoms with Crippen LogP contribution in [0.5, 0.6) is 0 Å². The van der Waals surface area contributed by atoms with Gasteiger partial charge >= 0.3 is 48.6 Å². The molecule has 2 heterocycles. The smallest absolute Gasteiger partial charge is 0.475 e. The molecule has 14 N–H and O–H groups in total. The van der Waals surface area contributed by atoms with Gasteiger partial charge in [-0.15, -0.1) is 22.7 Å². The largest absolute Gasteiger partial charge is 0.490 e. The van der Waals surface area contributed by atoms with Gasteiger partial charge in [-0.2, -0.15) is 52.7 Å². The molecule has 0 aliphatic rings. The van der Waals surface area contributed by atoms with Crippen molar-refractivity contribution in [3.8, 4) is 0 Å². The molecule has 0 atom stereocenters. The number of carboxylic acids is 4. The molecule has 0 radical (unpaired) electrons. The molecule has 0 aliphatic carbocycles. The topological polar surface area (TPSA) is 362 Å². The number of nitrogens with two attached hydrogens (primary N) is 4. The van der Waals surface area contributed by atoms with Gasteiger partial charge in [0.25, 0.3) is 0 Å². The van der Waals surface area contributed by atoms with Crippen LogP contribution in [0, 0.1) is 13.8 Å². The van der Waals surface area contributed by atoms with Gasteiger partial charge in [0.2, 0.25) is 11.8 Å². The van der Waals surface area contributed by atoms with E-state index in [2.05, 4.69) is 30.6 Å². The maximum absolute atomic E-state index is 12.0. The number of halogens is 12. The molecule has 34 heteroatoms. The molecular weight excluding hydrogens is 977 g/mol. The highest BCUT2D eigenvalue weighted by Gasteiger charge is 2.40. The zero-order chi connectivity index (χ0) is 52.2. The third-order valence-electron chi connectivity index (χ3n) is 6.57. The summed E-state index contributed by atoms with van der Waals surface area (Å²) < 4.78 is 127. The van der Waals surface area contributed by atoms with Crippen molar-refractivity contribution in [2.45, 2.75) is 103 Å². The highest BCUT2D eigenvalue weighted by Crippen LogP contribution is 2.22. The number of nitrogens with zero attached hydrogens (tertiary/aromatic N) is 4. The Morgan fingerprint density at radius 1 is 0.515 bits per heavy atom. The van der Waals surface area contributed by atoms with E-state index in [1.165, 1.54) is 22.7 Å². The number of thiazole rings is 2.